The van der Waals surface area contributed by atoms with Gasteiger partial charge in [-0.05, 0) is 36.5 Å². The fraction of sp³-hybridized carbons (Fsp3) is 0.500. The molecule has 1 heterocycles. The molecule has 0 radical (unpaired) electrons. The second kappa shape index (κ2) is 6.37. The molecule has 0 saturated heterocycles. The number of hydrogen-bond donors (Lipinski definition) is 2. The lowest BCUT2D eigenvalue weighted by Gasteiger charge is -2.33. The molecule has 0 amide bonds. The molecule has 2 rings (SSSR count). The first kappa shape index (κ1) is 16.3. The van der Waals surface area contributed by atoms with Gasteiger partial charge in [-0.15, -0.1) is 0 Å². The first-order valence-electron chi connectivity index (χ1n) is 6.96. The Balaban J connectivity index is 2.12. The minimum absolute atomic E-state index is 0.102. The fourth-order valence-corrected chi connectivity index (χ4v) is 4.03. The van der Waals surface area contributed by atoms with Crippen molar-refractivity contribution in [3.8, 4) is 0 Å². The Bertz CT molecular complexity index is 637. The molecule has 0 fully saturated rings. The van der Waals surface area contributed by atoms with Crippen LogP contribution in [0.25, 0.3) is 0 Å². The van der Waals surface area contributed by atoms with Crippen molar-refractivity contribution in [2.24, 2.45) is 15.5 Å². The number of aliphatic imine (C=N–C) groups is 1. The zero-order chi connectivity index (χ0) is 15.5. The van der Waals surface area contributed by atoms with Crippen LogP contribution < -0.4 is 10.5 Å². The van der Waals surface area contributed by atoms with E-state index in [1.54, 1.807) is 23.9 Å². The number of anilines is 1. The van der Waals surface area contributed by atoms with Crippen LogP contribution in [-0.4, -0.2) is 25.9 Å². The van der Waals surface area contributed by atoms with E-state index in [1.165, 1.54) is 12.1 Å². The van der Waals surface area contributed by atoms with Crippen LogP contribution in [0, 0.1) is 5.41 Å². The number of amidine groups is 1. The minimum atomic E-state index is -3.68. The molecule has 0 atom stereocenters. The van der Waals surface area contributed by atoms with Crippen LogP contribution in [0.15, 0.2) is 34.2 Å². The molecular weight excluding hydrogens is 306 g/mol. The molecular formula is C14H21N3O2S2. The zero-order valence-electron chi connectivity index (χ0n) is 12.3. The SMILES string of the molecule is CCC1(CC)CN=C(Nc2cccc(S(N)(=O)=O)c2)SC1. The molecule has 21 heavy (non-hydrogen) atoms. The summed E-state index contributed by atoms with van der Waals surface area (Å²) in [5.74, 6) is 1.03. The van der Waals surface area contributed by atoms with Gasteiger partial charge in [0, 0.05) is 18.0 Å². The number of rotatable bonds is 4. The summed E-state index contributed by atoms with van der Waals surface area (Å²) >= 11 is 1.69. The van der Waals surface area contributed by atoms with E-state index < -0.39 is 10.0 Å². The zero-order valence-corrected chi connectivity index (χ0v) is 13.9. The van der Waals surface area contributed by atoms with Crippen molar-refractivity contribution >= 4 is 32.6 Å². The van der Waals surface area contributed by atoms with Gasteiger partial charge in [0.05, 0.1) is 4.90 Å². The first-order chi connectivity index (χ1) is 9.88. The molecule has 0 unspecified atom stereocenters. The smallest absolute Gasteiger partial charge is 0.238 e. The molecule has 0 saturated carbocycles. The molecule has 0 aliphatic carbocycles. The highest BCUT2D eigenvalue weighted by Gasteiger charge is 2.30. The summed E-state index contributed by atoms with van der Waals surface area (Å²) in [4.78, 5) is 4.70. The monoisotopic (exact) mass is 327 g/mol. The Kier molecular flexibility index (Phi) is 4.95. The van der Waals surface area contributed by atoms with Crippen molar-refractivity contribution < 1.29 is 8.42 Å². The highest BCUT2D eigenvalue weighted by atomic mass is 32.2. The van der Waals surface area contributed by atoms with Gasteiger partial charge in [-0.3, -0.25) is 4.99 Å². The Morgan fingerprint density at radius 3 is 2.62 bits per heavy atom. The van der Waals surface area contributed by atoms with Gasteiger partial charge in [-0.2, -0.15) is 0 Å². The number of nitrogens with one attached hydrogen (secondary N) is 1. The lowest BCUT2D eigenvalue weighted by Crippen LogP contribution is -2.32. The van der Waals surface area contributed by atoms with Crippen LogP contribution in [0.2, 0.25) is 0 Å². The maximum absolute atomic E-state index is 11.4. The van der Waals surface area contributed by atoms with Gasteiger partial charge in [-0.25, -0.2) is 13.6 Å². The van der Waals surface area contributed by atoms with Gasteiger partial charge in [-0.1, -0.05) is 31.7 Å². The van der Waals surface area contributed by atoms with Gasteiger partial charge in [0.2, 0.25) is 10.0 Å². The van der Waals surface area contributed by atoms with E-state index in [2.05, 4.69) is 24.2 Å². The third kappa shape index (κ3) is 3.99. The lowest BCUT2D eigenvalue weighted by atomic mass is 9.84. The van der Waals surface area contributed by atoms with Crippen molar-refractivity contribution in [3.63, 3.8) is 0 Å². The fourth-order valence-electron chi connectivity index (χ4n) is 2.18. The summed E-state index contributed by atoms with van der Waals surface area (Å²) in [6, 6.07) is 6.48. The van der Waals surface area contributed by atoms with Crippen molar-refractivity contribution in [1.29, 1.82) is 0 Å². The molecule has 3 N–H and O–H groups in total. The average Bonchev–Trinajstić information content (AvgIpc) is 2.48. The van der Waals surface area contributed by atoms with Crippen LogP contribution in [0.4, 0.5) is 5.69 Å². The quantitative estimate of drug-likeness (QED) is 0.890. The van der Waals surface area contributed by atoms with E-state index >= 15 is 0 Å². The topological polar surface area (TPSA) is 84.5 Å². The predicted molar refractivity (Wildman–Crippen MR) is 89.2 cm³/mol. The number of thioether (sulfide) groups is 1. The van der Waals surface area contributed by atoms with E-state index in [0.717, 1.165) is 30.3 Å². The second-order valence-electron chi connectivity index (χ2n) is 5.32. The molecule has 7 heteroatoms. The number of nitrogens with two attached hydrogens (primary N) is 1. The maximum Gasteiger partial charge on any atom is 0.238 e. The first-order valence-corrected chi connectivity index (χ1v) is 9.49. The minimum Gasteiger partial charge on any atom is -0.335 e. The summed E-state index contributed by atoms with van der Waals surface area (Å²) in [6.45, 7) is 5.21. The van der Waals surface area contributed by atoms with Crippen molar-refractivity contribution in [3.05, 3.63) is 24.3 Å². The van der Waals surface area contributed by atoms with E-state index in [9.17, 15) is 8.42 Å². The molecule has 1 aromatic rings. The van der Waals surface area contributed by atoms with Gasteiger partial charge < -0.3 is 5.32 Å². The standard InChI is InChI=1S/C14H21N3O2S2/c1-3-14(4-2)9-16-13(20-10-14)17-11-6-5-7-12(8-11)21(15,18)19/h5-8H,3-4,9-10H2,1-2H3,(H,16,17)(H2,15,18,19). The molecule has 116 valence electrons. The molecule has 1 aromatic carbocycles. The van der Waals surface area contributed by atoms with Gasteiger partial charge in [0.15, 0.2) is 5.17 Å². The molecule has 1 aliphatic rings. The van der Waals surface area contributed by atoms with Gasteiger partial charge in [0.25, 0.3) is 0 Å². The third-order valence-corrected chi connectivity index (χ3v) is 6.16. The van der Waals surface area contributed by atoms with Crippen LogP contribution in [0.1, 0.15) is 26.7 Å². The molecule has 5 nitrogen and oxygen atoms in total. The van der Waals surface area contributed by atoms with Gasteiger partial charge in [0.1, 0.15) is 0 Å². The number of hydrogen-bond acceptors (Lipinski definition) is 5. The van der Waals surface area contributed by atoms with Crippen LogP contribution in [0.5, 0.6) is 0 Å². The third-order valence-electron chi connectivity index (χ3n) is 3.99. The van der Waals surface area contributed by atoms with Crippen LogP contribution >= 0.6 is 11.8 Å². The number of benzene rings is 1. The Morgan fingerprint density at radius 1 is 1.38 bits per heavy atom. The van der Waals surface area contributed by atoms with E-state index in [1.807, 2.05) is 0 Å². The average molecular weight is 327 g/mol. The number of nitrogens with zero attached hydrogens (tertiary/aromatic N) is 1. The molecule has 0 aromatic heterocycles. The Morgan fingerprint density at radius 2 is 2.10 bits per heavy atom. The summed E-state index contributed by atoms with van der Waals surface area (Å²) < 4.78 is 22.7. The second-order valence-corrected chi connectivity index (χ2v) is 7.84. The van der Waals surface area contributed by atoms with Crippen molar-refractivity contribution in [2.75, 3.05) is 17.6 Å². The van der Waals surface area contributed by atoms with E-state index in [0.29, 0.717) is 5.69 Å². The van der Waals surface area contributed by atoms with E-state index in [4.69, 9.17) is 5.14 Å². The highest BCUT2D eigenvalue weighted by molar-refractivity contribution is 8.14. The van der Waals surface area contributed by atoms with Gasteiger partial charge >= 0.3 is 0 Å². The lowest BCUT2D eigenvalue weighted by molar-refractivity contribution is 0.318. The van der Waals surface area contributed by atoms with Crippen molar-refractivity contribution in [2.45, 2.75) is 31.6 Å². The van der Waals surface area contributed by atoms with Crippen molar-refractivity contribution in [1.82, 2.24) is 0 Å². The summed E-state index contributed by atoms with van der Waals surface area (Å²) in [6.07, 6.45) is 2.24. The maximum atomic E-state index is 11.4. The van der Waals surface area contributed by atoms with Crippen LogP contribution in [-0.2, 0) is 10.0 Å². The number of primary sulfonamides is 1. The predicted octanol–water partition coefficient (Wildman–Crippen LogP) is 2.66. The normalized spacial score (nSPS) is 18.1. The Hall–Kier alpha value is -1.05. The molecule has 0 spiro atoms. The highest BCUT2D eigenvalue weighted by Crippen LogP contribution is 2.35. The summed E-state index contributed by atoms with van der Waals surface area (Å²) in [7, 11) is -3.68. The summed E-state index contributed by atoms with van der Waals surface area (Å²) in [5, 5.41) is 9.14. The molecule has 1 aliphatic heterocycles. The Labute approximate surface area is 130 Å². The van der Waals surface area contributed by atoms with E-state index in [-0.39, 0.29) is 10.3 Å². The molecule has 0 bridgehead atoms. The summed E-state index contributed by atoms with van der Waals surface area (Å²) in [5.41, 5.74) is 0.978. The van der Waals surface area contributed by atoms with Crippen LogP contribution in [0.3, 0.4) is 0 Å². The largest absolute Gasteiger partial charge is 0.335 e. The number of sulfonamides is 1.